The molecule has 0 aliphatic carbocycles. The van der Waals surface area contributed by atoms with Gasteiger partial charge in [-0.05, 0) is 74.6 Å². The van der Waals surface area contributed by atoms with Crippen LogP contribution in [0.1, 0.15) is 35.6 Å². The zero-order chi connectivity index (χ0) is 19.1. The summed E-state index contributed by atoms with van der Waals surface area (Å²) < 4.78 is 11.7. The van der Waals surface area contributed by atoms with Gasteiger partial charge in [0.25, 0.3) is 5.91 Å². The summed E-state index contributed by atoms with van der Waals surface area (Å²) in [7, 11) is 0. The van der Waals surface area contributed by atoms with Crippen LogP contribution in [0.3, 0.4) is 0 Å². The molecule has 0 saturated heterocycles. The summed E-state index contributed by atoms with van der Waals surface area (Å²) in [6.45, 7) is 10.9. The highest BCUT2D eigenvalue weighted by Crippen LogP contribution is 2.21. The van der Waals surface area contributed by atoms with E-state index in [4.69, 9.17) is 9.47 Å². The van der Waals surface area contributed by atoms with Gasteiger partial charge < -0.3 is 14.8 Å². The second-order valence-electron chi connectivity index (χ2n) is 6.75. The normalized spacial score (nSPS) is 11.7. The van der Waals surface area contributed by atoms with Gasteiger partial charge in [-0.15, -0.1) is 0 Å². The number of benzene rings is 2. The van der Waals surface area contributed by atoms with E-state index >= 15 is 0 Å². The molecule has 0 unspecified atom stereocenters. The highest BCUT2D eigenvalue weighted by molar-refractivity contribution is 5.81. The molecule has 0 aliphatic heterocycles. The van der Waals surface area contributed by atoms with Crippen LogP contribution in [-0.2, 0) is 4.79 Å². The number of aryl methyl sites for hydroxylation is 4. The number of carbonyl (C=O) groups is 1. The van der Waals surface area contributed by atoms with Crippen LogP contribution in [0.4, 0.5) is 0 Å². The molecule has 0 spiro atoms. The Morgan fingerprint density at radius 3 is 2.35 bits per heavy atom. The lowest BCUT2D eigenvalue weighted by molar-refractivity contribution is -0.128. The van der Waals surface area contributed by atoms with Crippen LogP contribution >= 0.6 is 0 Å². The van der Waals surface area contributed by atoms with E-state index < -0.39 is 6.10 Å². The van der Waals surface area contributed by atoms with Crippen LogP contribution in [0.25, 0.3) is 0 Å². The molecular formula is C22H29NO3. The molecule has 0 bridgehead atoms. The summed E-state index contributed by atoms with van der Waals surface area (Å²) in [6, 6.07) is 12.1. The molecule has 4 nitrogen and oxygen atoms in total. The predicted molar refractivity (Wildman–Crippen MR) is 105 cm³/mol. The fourth-order valence-electron chi connectivity index (χ4n) is 2.78. The third-order valence-electron chi connectivity index (χ3n) is 4.14. The van der Waals surface area contributed by atoms with Crippen LogP contribution in [0.5, 0.6) is 11.5 Å². The highest BCUT2D eigenvalue weighted by Gasteiger charge is 2.18. The average Bonchev–Trinajstić information content (AvgIpc) is 2.58. The minimum Gasteiger partial charge on any atom is -0.492 e. The molecule has 1 N–H and O–H groups in total. The van der Waals surface area contributed by atoms with E-state index in [2.05, 4.69) is 11.4 Å². The van der Waals surface area contributed by atoms with Crippen LogP contribution in [0, 0.1) is 27.7 Å². The summed E-state index contributed by atoms with van der Waals surface area (Å²) in [5.74, 6) is 1.48. The van der Waals surface area contributed by atoms with Crippen molar-refractivity contribution < 1.29 is 14.3 Å². The number of hydrogen-bond donors (Lipinski definition) is 1. The first-order chi connectivity index (χ1) is 12.4. The van der Waals surface area contributed by atoms with Crippen molar-refractivity contribution in [3.8, 4) is 11.5 Å². The zero-order valence-corrected chi connectivity index (χ0v) is 16.4. The Kier molecular flexibility index (Phi) is 7.07. The van der Waals surface area contributed by atoms with Gasteiger partial charge in [-0.2, -0.15) is 0 Å². The van der Waals surface area contributed by atoms with Gasteiger partial charge in [0.15, 0.2) is 6.10 Å². The van der Waals surface area contributed by atoms with Gasteiger partial charge >= 0.3 is 0 Å². The number of rotatable bonds is 8. The number of amides is 1. The summed E-state index contributed by atoms with van der Waals surface area (Å²) in [6.07, 6.45) is 0.105. The monoisotopic (exact) mass is 355 g/mol. The molecule has 4 heteroatoms. The van der Waals surface area contributed by atoms with Gasteiger partial charge in [-0.25, -0.2) is 0 Å². The van der Waals surface area contributed by atoms with Gasteiger partial charge in [0.2, 0.25) is 0 Å². The van der Waals surface area contributed by atoms with E-state index in [1.807, 2.05) is 65.0 Å². The second-order valence-corrected chi connectivity index (χ2v) is 6.75. The van der Waals surface area contributed by atoms with E-state index in [1.54, 1.807) is 0 Å². The molecule has 0 heterocycles. The Morgan fingerprint density at radius 2 is 1.69 bits per heavy atom. The third kappa shape index (κ3) is 5.80. The van der Waals surface area contributed by atoms with E-state index in [0.717, 1.165) is 33.8 Å². The average molecular weight is 355 g/mol. The smallest absolute Gasteiger partial charge is 0.261 e. The fraction of sp³-hybridized carbons (Fsp3) is 0.409. The molecule has 0 saturated carbocycles. The van der Waals surface area contributed by atoms with E-state index in [-0.39, 0.29) is 5.91 Å². The minimum absolute atomic E-state index is 0.113. The van der Waals surface area contributed by atoms with Crippen molar-refractivity contribution >= 4 is 5.91 Å². The maximum atomic E-state index is 12.4. The Morgan fingerprint density at radius 1 is 1.00 bits per heavy atom. The second kappa shape index (κ2) is 9.27. The van der Waals surface area contributed by atoms with Crippen LogP contribution in [0.15, 0.2) is 36.4 Å². The van der Waals surface area contributed by atoms with Crippen molar-refractivity contribution in [2.45, 2.75) is 47.1 Å². The Labute approximate surface area is 156 Å². The van der Waals surface area contributed by atoms with E-state index in [0.29, 0.717) is 19.6 Å². The zero-order valence-electron chi connectivity index (χ0n) is 16.4. The summed E-state index contributed by atoms with van der Waals surface area (Å²) >= 11 is 0. The largest absolute Gasteiger partial charge is 0.492 e. The van der Waals surface area contributed by atoms with Crippen molar-refractivity contribution in [3.63, 3.8) is 0 Å². The van der Waals surface area contributed by atoms with Crippen molar-refractivity contribution in [3.05, 3.63) is 58.7 Å². The van der Waals surface area contributed by atoms with E-state index in [1.165, 1.54) is 0 Å². The highest BCUT2D eigenvalue weighted by atomic mass is 16.5. The van der Waals surface area contributed by atoms with Gasteiger partial charge in [-0.1, -0.05) is 25.1 Å². The predicted octanol–water partition coefficient (Wildman–Crippen LogP) is 4.27. The minimum atomic E-state index is -0.503. The fourth-order valence-corrected chi connectivity index (χ4v) is 2.78. The Bertz CT molecular complexity index is 735. The molecule has 2 rings (SSSR count). The lowest BCUT2D eigenvalue weighted by Crippen LogP contribution is -2.39. The molecule has 0 aliphatic rings. The summed E-state index contributed by atoms with van der Waals surface area (Å²) in [5, 5.41) is 2.90. The van der Waals surface area contributed by atoms with Gasteiger partial charge in [-0.3, -0.25) is 4.79 Å². The molecule has 0 fully saturated rings. The quantitative estimate of drug-likeness (QED) is 0.719. The first kappa shape index (κ1) is 19.8. The summed E-state index contributed by atoms with van der Waals surface area (Å²) in [5.41, 5.74) is 4.47. The maximum Gasteiger partial charge on any atom is 0.261 e. The van der Waals surface area contributed by atoms with Gasteiger partial charge in [0.05, 0.1) is 6.54 Å². The molecule has 26 heavy (non-hydrogen) atoms. The Hall–Kier alpha value is -2.49. The number of carbonyl (C=O) groups excluding carboxylic acids is 1. The van der Waals surface area contributed by atoms with Crippen LogP contribution in [0.2, 0.25) is 0 Å². The first-order valence-corrected chi connectivity index (χ1v) is 9.11. The molecule has 140 valence electrons. The van der Waals surface area contributed by atoms with Gasteiger partial charge in [0, 0.05) is 0 Å². The topological polar surface area (TPSA) is 47.6 Å². The molecule has 1 amide bonds. The van der Waals surface area contributed by atoms with Crippen molar-refractivity contribution in [2.24, 2.45) is 0 Å². The van der Waals surface area contributed by atoms with Gasteiger partial charge in [0.1, 0.15) is 18.1 Å². The number of ether oxygens (including phenoxy) is 2. The van der Waals surface area contributed by atoms with Crippen molar-refractivity contribution in [1.82, 2.24) is 5.32 Å². The maximum absolute atomic E-state index is 12.4. The van der Waals surface area contributed by atoms with Crippen LogP contribution < -0.4 is 14.8 Å². The summed E-state index contributed by atoms with van der Waals surface area (Å²) in [4.78, 5) is 12.4. The molecule has 1 atom stereocenters. The molecule has 2 aromatic carbocycles. The van der Waals surface area contributed by atoms with Crippen molar-refractivity contribution in [2.75, 3.05) is 13.2 Å². The lowest BCUT2D eigenvalue weighted by atomic mass is 10.1. The Balaban J connectivity index is 1.84. The molecule has 0 radical (unpaired) electrons. The standard InChI is InChI=1S/C22H29NO3/c1-6-20(26-21-14-15(2)7-8-18(21)5)22(24)23-9-10-25-19-12-16(3)11-17(4)13-19/h7-8,11-14,20H,6,9-10H2,1-5H3,(H,23,24)/t20-/m1/s1. The molecule has 2 aromatic rings. The number of nitrogens with one attached hydrogen (secondary N) is 1. The number of hydrogen-bond acceptors (Lipinski definition) is 3. The van der Waals surface area contributed by atoms with Crippen molar-refractivity contribution in [1.29, 1.82) is 0 Å². The molecular weight excluding hydrogens is 326 g/mol. The lowest BCUT2D eigenvalue weighted by Gasteiger charge is -2.19. The first-order valence-electron chi connectivity index (χ1n) is 9.11. The van der Waals surface area contributed by atoms with Crippen LogP contribution in [-0.4, -0.2) is 25.2 Å². The van der Waals surface area contributed by atoms with E-state index in [9.17, 15) is 4.79 Å². The SMILES string of the molecule is CC[C@@H](Oc1cc(C)ccc1C)C(=O)NCCOc1cc(C)cc(C)c1. The third-order valence-corrected chi connectivity index (χ3v) is 4.14. The molecule has 0 aromatic heterocycles.